The van der Waals surface area contributed by atoms with E-state index < -0.39 is 22.2 Å². The van der Waals surface area contributed by atoms with Gasteiger partial charge in [-0.2, -0.15) is 13.2 Å². The lowest BCUT2D eigenvalue weighted by molar-refractivity contribution is -0.192. The summed E-state index contributed by atoms with van der Waals surface area (Å²) in [5.41, 5.74) is 1.42. The zero-order valence-electron chi connectivity index (χ0n) is 17.8. The lowest BCUT2D eigenvalue weighted by Gasteiger charge is -2.10. The molecule has 2 aromatic carbocycles. The predicted molar refractivity (Wildman–Crippen MR) is 118 cm³/mol. The van der Waals surface area contributed by atoms with Gasteiger partial charge in [0, 0.05) is 23.5 Å². The van der Waals surface area contributed by atoms with Gasteiger partial charge in [-0.25, -0.2) is 27.9 Å². The SMILES string of the molecule is CNS(=O)(=O)c1cccc(Nc2cc(Nc3cccc(OC)c3)ncn2)c1.O=C(O)C(F)(F)F. The first-order chi connectivity index (χ1) is 15.9. The zero-order valence-corrected chi connectivity index (χ0v) is 18.6. The average molecular weight is 499 g/mol. The number of hydrogen-bond acceptors (Lipinski definition) is 8. The Labute approximate surface area is 192 Å². The Morgan fingerprint density at radius 2 is 1.50 bits per heavy atom. The molecule has 0 radical (unpaired) electrons. The van der Waals surface area contributed by atoms with Crippen LogP contribution in [0.4, 0.5) is 36.2 Å². The number of methoxy groups -OCH3 is 1. The van der Waals surface area contributed by atoms with Crippen molar-refractivity contribution in [1.82, 2.24) is 14.7 Å². The number of halogens is 3. The lowest BCUT2D eigenvalue weighted by Crippen LogP contribution is -2.21. The summed E-state index contributed by atoms with van der Waals surface area (Å²) in [5.74, 6) is -0.920. The van der Waals surface area contributed by atoms with Crippen molar-refractivity contribution in [2.24, 2.45) is 0 Å². The molecule has 0 unspecified atom stereocenters. The van der Waals surface area contributed by atoms with Gasteiger partial charge in [-0.3, -0.25) is 0 Å². The number of nitrogens with zero attached hydrogens (tertiary/aromatic N) is 2. The van der Waals surface area contributed by atoms with Gasteiger partial charge in [-0.1, -0.05) is 12.1 Å². The van der Waals surface area contributed by atoms with E-state index in [1.807, 2.05) is 24.3 Å². The maximum Gasteiger partial charge on any atom is 0.490 e. The molecule has 3 aromatic rings. The molecule has 0 atom stereocenters. The number of ether oxygens (including phenoxy) is 1. The summed E-state index contributed by atoms with van der Waals surface area (Å²) in [6.45, 7) is 0. The highest BCUT2D eigenvalue weighted by Crippen LogP contribution is 2.23. The van der Waals surface area contributed by atoms with Crippen LogP contribution in [0.15, 0.2) is 65.8 Å². The van der Waals surface area contributed by atoms with E-state index in [4.69, 9.17) is 14.6 Å². The lowest BCUT2D eigenvalue weighted by atomic mass is 10.3. The van der Waals surface area contributed by atoms with Crippen LogP contribution in [0.1, 0.15) is 0 Å². The van der Waals surface area contributed by atoms with Crippen LogP contribution in [0.3, 0.4) is 0 Å². The van der Waals surface area contributed by atoms with Gasteiger partial charge >= 0.3 is 12.1 Å². The van der Waals surface area contributed by atoms with Crippen LogP contribution in [-0.2, 0) is 14.8 Å². The van der Waals surface area contributed by atoms with Crippen molar-refractivity contribution < 1.29 is 36.2 Å². The first-order valence-electron chi connectivity index (χ1n) is 9.28. The van der Waals surface area contributed by atoms with E-state index in [1.54, 1.807) is 25.3 Å². The van der Waals surface area contributed by atoms with Gasteiger partial charge in [-0.05, 0) is 37.4 Å². The first-order valence-corrected chi connectivity index (χ1v) is 10.8. The summed E-state index contributed by atoms with van der Waals surface area (Å²) in [4.78, 5) is 17.4. The zero-order chi connectivity index (χ0) is 25.4. The number of rotatable bonds is 7. The van der Waals surface area contributed by atoms with Crippen molar-refractivity contribution in [3.63, 3.8) is 0 Å². The van der Waals surface area contributed by atoms with Gasteiger partial charge in [0.2, 0.25) is 10.0 Å². The molecule has 10 nitrogen and oxygen atoms in total. The van der Waals surface area contributed by atoms with Gasteiger partial charge < -0.3 is 20.5 Å². The standard InChI is InChI=1S/C18H19N5O3S.C2HF3O2/c1-19-27(24,25)16-8-4-6-14(10-16)23-18-11-17(20-12-21-18)22-13-5-3-7-15(9-13)26-2;3-2(4,5)1(6)7/h3-12,19H,1-2H3,(H2,20,21,22,23);(H,6,7). The molecule has 0 amide bonds. The third kappa shape index (κ3) is 7.90. The summed E-state index contributed by atoms with van der Waals surface area (Å²) < 4.78 is 63.1. The fourth-order valence-corrected chi connectivity index (χ4v) is 3.13. The Balaban J connectivity index is 0.000000509. The van der Waals surface area contributed by atoms with Crippen LogP contribution >= 0.6 is 0 Å². The number of carboxylic acids is 1. The van der Waals surface area contributed by atoms with E-state index in [1.165, 1.54) is 25.5 Å². The Morgan fingerprint density at radius 3 is 2.00 bits per heavy atom. The molecule has 0 fully saturated rings. The number of nitrogens with one attached hydrogen (secondary N) is 3. The second-order valence-electron chi connectivity index (χ2n) is 6.31. The number of alkyl halides is 3. The van der Waals surface area contributed by atoms with Crippen LogP contribution < -0.4 is 20.1 Å². The van der Waals surface area contributed by atoms with Crippen LogP contribution in [0.5, 0.6) is 5.75 Å². The van der Waals surface area contributed by atoms with Crippen molar-refractivity contribution in [3.8, 4) is 5.75 Å². The normalized spacial score (nSPS) is 11.1. The molecular weight excluding hydrogens is 479 g/mol. The van der Waals surface area contributed by atoms with E-state index in [0.717, 1.165) is 11.4 Å². The van der Waals surface area contributed by atoms with E-state index in [2.05, 4.69) is 25.3 Å². The molecule has 0 saturated carbocycles. The van der Waals surface area contributed by atoms with Crippen molar-refractivity contribution in [1.29, 1.82) is 0 Å². The van der Waals surface area contributed by atoms with E-state index >= 15 is 0 Å². The maximum absolute atomic E-state index is 11.9. The number of carboxylic acid groups (broad SMARTS) is 1. The molecule has 3 rings (SSSR count). The van der Waals surface area contributed by atoms with Crippen molar-refractivity contribution in [2.45, 2.75) is 11.1 Å². The highest BCUT2D eigenvalue weighted by atomic mass is 32.2. The van der Waals surface area contributed by atoms with E-state index in [0.29, 0.717) is 17.3 Å². The van der Waals surface area contributed by atoms with Crippen molar-refractivity contribution in [2.75, 3.05) is 24.8 Å². The molecule has 0 aliphatic heterocycles. The molecule has 0 aliphatic carbocycles. The molecule has 4 N–H and O–H groups in total. The van der Waals surface area contributed by atoms with Gasteiger partial charge in [0.15, 0.2) is 0 Å². The van der Waals surface area contributed by atoms with Crippen LogP contribution in [0, 0.1) is 0 Å². The summed E-state index contributed by atoms with van der Waals surface area (Å²) in [6.07, 6.45) is -3.67. The fraction of sp³-hybridized carbons (Fsp3) is 0.150. The molecule has 14 heteroatoms. The molecule has 1 aromatic heterocycles. The first kappa shape index (κ1) is 26.3. The molecule has 0 saturated heterocycles. The molecular formula is C20H20F3N5O5S. The van der Waals surface area contributed by atoms with Gasteiger partial charge in [0.05, 0.1) is 12.0 Å². The molecule has 0 bridgehead atoms. The Kier molecular flexibility index (Phi) is 8.75. The quantitative estimate of drug-likeness (QED) is 0.384. The van der Waals surface area contributed by atoms with Crippen molar-refractivity contribution >= 4 is 39.0 Å². The minimum Gasteiger partial charge on any atom is -0.497 e. The highest BCUT2D eigenvalue weighted by molar-refractivity contribution is 7.89. The smallest absolute Gasteiger partial charge is 0.490 e. The number of carbonyl (C=O) groups is 1. The second-order valence-corrected chi connectivity index (χ2v) is 8.20. The Morgan fingerprint density at radius 1 is 0.971 bits per heavy atom. The number of aliphatic carboxylic acids is 1. The van der Waals surface area contributed by atoms with E-state index in [9.17, 15) is 21.6 Å². The fourth-order valence-electron chi connectivity index (χ4n) is 2.35. The van der Waals surface area contributed by atoms with Crippen LogP contribution in [-0.4, -0.2) is 49.8 Å². The topological polar surface area (TPSA) is 143 Å². The molecule has 1 heterocycles. The average Bonchev–Trinajstić information content (AvgIpc) is 2.79. The monoisotopic (exact) mass is 499 g/mol. The number of anilines is 4. The minimum atomic E-state index is -5.08. The third-order valence-corrected chi connectivity index (χ3v) is 5.35. The van der Waals surface area contributed by atoms with Gasteiger partial charge in [0.1, 0.15) is 23.7 Å². The number of aromatic nitrogens is 2. The third-order valence-electron chi connectivity index (χ3n) is 3.94. The van der Waals surface area contributed by atoms with Crippen molar-refractivity contribution in [3.05, 3.63) is 60.9 Å². The Hall–Kier alpha value is -3.91. The Bertz CT molecular complexity index is 1240. The van der Waals surface area contributed by atoms with Gasteiger partial charge in [0.25, 0.3) is 0 Å². The second kappa shape index (κ2) is 11.3. The van der Waals surface area contributed by atoms with Gasteiger partial charge in [-0.15, -0.1) is 0 Å². The molecule has 182 valence electrons. The van der Waals surface area contributed by atoms with Crippen LogP contribution in [0.2, 0.25) is 0 Å². The maximum atomic E-state index is 11.9. The molecule has 34 heavy (non-hydrogen) atoms. The predicted octanol–water partition coefficient (Wildman–Crippen LogP) is 3.51. The van der Waals surface area contributed by atoms with Crippen LogP contribution in [0.25, 0.3) is 0 Å². The molecule has 0 spiro atoms. The number of hydrogen-bond donors (Lipinski definition) is 4. The summed E-state index contributed by atoms with van der Waals surface area (Å²) in [7, 11) is -0.539. The largest absolute Gasteiger partial charge is 0.497 e. The summed E-state index contributed by atoms with van der Waals surface area (Å²) in [5, 5.41) is 13.4. The van der Waals surface area contributed by atoms with E-state index in [-0.39, 0.29) is 4.90 Å². The summed E-state index contributed by atoms with van der Waals surface area (Å²) in [6, 6.07) is 15.6. The molecule has 0 aliphatic rings. The highest BCUT2D eigenvalue weighted by Gasteiger charge is 2.38. The minimum absolute atomic E-state index is 0.166. The summed E-state index contributed by atoms with van der Waals surface area (Å²) >= 11 is 0. The number of benzene rings is 2. The number of sulfonamides is 1.